The molecular weight excluding hydrogens is 214 g/mol. The van der Waals surface area contributed by atoms with E-state index in [-0.39, 0.29) is 0 Å². The highest BCUT2D eigenvalue weighted by molar-refractivity contribution is 6.17. The van der Waals surface area contributed by atoms with E-state index in [2.05, 4.69) is 4.98 Å². The van der Waals surface area contributed by atoms with Gasteiger partial charge in [-0.15, -0.1) is 11.6 Å². The van der Waals surface area contributed by atoms with Gasteiger partial charge in [-0.1, -0.05) is 0 Å². The Morgan fingerprint density at radius 2 is 2.27 bits per heavy atom. The van der Waals surface area contributed by atoms with Crippen LogP contribution in [0.5, 0.6) is 0 Å². The molecule has 3 nitrogen and oxygen atoms in total. The minimum atomic E-state index is 0.307. The number of halogens is 1. The van der Waals surface area contributed by atoms with Crippen molar-refractivity contribution in [3.8, 4) is 11.3 Å². The topological polar surface area (TPSA) is 43.1 Å². The Morgan fingerprint density at radius 3 is 2.93 bits per heavy atom. The van der Waals surface area contributed by atoms with Gasteiger partial charge in [-0.3, -0.25) is 9.78 Å². The fraction of sp³-hybridized carbons (Fsp3) is 0.0909. The molecule has 2 aromatic heterocycles. The van der Waals surface area contributed by atoms with Crippen molar-refractivity contribution in [3.63, 3.8) is 0 Å². The molecule has 0 spiro atoms. The zero-order chi connectivity index (χ0) is 10.7. The van der Waals surface area contributed by atoms with Crippen LogP contribution in [0.3, 0.4) is 0 Å². The van der Waals surface area contributed by atoms with E-state index in [1.807, 2.05) is 6.07 Å². The summed E-state index contributed by atoms with van der Waals surface area (Å²) in [5.41, 5.74) is 1.74. The standard InChI is InChI=1S/C11H8ClNO2/c12-4-8-3-9(6-13-5-8)11-2-1-10(7-14)15-11/h1-3,5-7H,4H2. The van der Waals surface area contributed by atoms with E-state index >= 15 is 0 Å². The van der Waals surface area contributed by atoms with Gasteiger partial charge >= 0.3 is 0 Å². The van der Waals surface area contributed by atoms with Gasteiger partial charge in [-0.25, -0.2) is 0 Å². The van der Waals surface area contributed by atoms with Gasteiger partial charge in [0.15, 0.2) is 12.0 Å². The van der Waals surface area contributed by atoms with Crippen LogP contribution in [0.1, 0.15) is 16.1 Å². The molecule has 15 heavy (non-hydrogen) atoms. The third kappa shape index (κ3) is 2.07. The van der Waals surface area contributed by atoms with E-state index in [4.69, 9.17) is 16.0 Å². The van der Waals surface area contributed by atoms with E-state index in [1.54, 1.807) is 24.5 Å². The molecule has 0 aromatic carbocycles. The molecule has 4 heteroatoms. The van der Waals surface area contributed by atoms with Crippen LogP contribution >= 0.6 is 11.6 Å². The SMILES string of the molecule is O=Cc1ccc(-c2cncc(CCl)c2)o1. The summed E-state index contributed by atoms with van der Waals surface area (Å²) in [5.74, 6) is 1.33. The lowest BCUT2D eigenvalue weighted by atomic mass is 10.2. The molecule has 2 rings (SSSR count). The molecule has 0 bridgehead atoms. The van der Waals surface area contributed by atoms with E-state index in [1.165, 1.54) is 0 Å². The molecule has 0 aliphatic carbocycles. The average Bonchev–Trinajstić information content (AvgIpc) is 2.78. The number of furan rings is 1. The number of hydrogen-bond donors (Lipinski definition) is 0. The first-order chi connectivity index (χ1) is 7.33. The molecule has 2 aromatic rings. The quantitative estimate of drug-likeness (QED) is 0.591. The fourth-order valence-corrected chi connectivity index (χ4v) is 1.41. The van der Waals surface area contributed by atoms with Gasteiger partial charge in [0.25, 0.3) is 0 Å². The highest BCUT2D eigenvalue weighted by Crippen LogP contribution is 2.21. The van der Waals surface area contributed by atoms with Crippen molar-refractivity contribution in [1.29, 1.82) is 0 Å². The molecule has 0 atom stereocenters. The summed E-state index contributed by atoms with van der Waals surface area (Å²) < 4.78 is 5.27. The molecule has 76 valence electrons. The number of aldehydes is 1. The monoisotopic (exact) mass is 221 g/mol. The fourth-order valence-electron chi connectivity index (χ4n) is 1.27. The summed E-state index contributed by atoms with van der Waals surface area (Å²) in [6.45, 7) is 0. The third-order valence-corrected chi connectivity index (χ3v) is 2.29. The third-order valence-electron chi connectivity index (χ3n) is 1.98. The van der Waals surface area contributed by atoms with E-state index in [9.17, 15) is 4.79 Å². The maximum atomic E-state index is 10.4. The molecule has 0 saturated heterocycles. The summed E-state index contributed by atoms with van der Waals surface area (Å²) in [5, 5.41) is 0. The molecule has 0 aliphatic heterocycles. The van der Waals surface area contributed by atoms with Gasteiger partial charge in [-0.2, -0.15) is 0 Å². The molecule has 0 amide bonds. The molecule has 0 saturated carbocycles. The Hall–Kier alpha value is -1.61. The minimum absolute atomic E-state index is 0.307. The number of nitrogens with zero attached hydrogens (tertiary/aromatic N) is 1. The Balaban J connectivity index is 2.39. The number of rotatable bonds is 3. The van der Waals surface area contributed by atoms with Crippen LogP contribution in [-0.2, 0) is 5.88 Å². The van der Waals surface area contributed by atoms with Gasteiger partial charge in [-0.05, 0) is 23.8 Å². The van der Waals surface area contributed by atoms with Crippen LogP contribution in [0.15, 0.2) is 35.0 Å². The zero-order valence-corrected chi connectivity index (χ0v) is 8.57. The number of carbonyl (C=O) groups is 1. The summed E-state index contributed by atoms with van der Waals surface area (Å²) in [6.07, 6.45) is 4.03. The highest BCUT2D eigenvalue weighted by Gasteiger charge is 2.04. The average molecular weight is 222 g/mol. The maximum absolute atomic E-state index is 10.4. The molecule has 0 unspecified atom stereocenters. The predicted octanol–water partition coefficient (Wildman–Crippen LogP) is 2.89. The van der Waals surface area contributed by atoms with E-state index < -0.39 is 0 Å². The lowest BCUT2D eigenvalue weighted by molar-refractivity contribution is 0.110. The second-order valence-electron chi connectivity index (χ2n) is 3.04. The van der Waals surface area contributed by atoms with Crippen LogP contribution in [0.2, 0.25) is 0 Å². The second-order valence-corrected chi connectivity index (χ2v) is 3.30. The first-order valence-electron chi connectivity index (χ1n) is 4.39. The minimum Gasteiger partial charge on any atom is -0.453 e. The smallest absolute Gasteiger partial charge is 0.185 e. The van der Waals surface area contributed by atoms with Crippen molar-refractivity contribution in [1.82, 2.24) is 4.98 Å². The molecular formula is C11H8ClNO2. The number of alkyl halides is 1. The summed E-state index contributed by atoms with van der Waals surface area (Å²) in [7, 11) is 0. The number of pyridine rings is 1. The summed E-state index contributed by atoms with van der Waals surface area (Å²) in [4.78, 5) is 14.5. The van der Waals surface area contributed by atoms with Crippen molar-refractivity contribution in [2.45, 2.75) is 5.88 Å². The lowest BCUT2D eigenvalue weighted by Gasteiger charge is -1.98. The van der Waals surface area contributed by atoms with E-state index in [0.717, 1.165) is 11.1 Å². The number of carbonyl (C=O) groups excluding carboxylic acids is 1. The summed E-state index contributed by atoms with van der Waals surface area (Å²) in [6, 6.07) is 5.24. The highest BCUT2D eigenvalue weighted by atomic mass is 35.5. The Labute approximate surface area is 91.7 Å². The van der Waals surface area contributed by atoms with Crippen LogP contribution in [0.4, 0.5) is 0 Å². The molecule has 2 heterocycles. The maximum Gasteiger partial charge on any atom is 0.185 e. The van der Waals surface area contributed by atoms with Crippen molar-refractivity contribution in [3.05, 3.63) is 41.9 Å². The van der Waals surface area contributed by atoms with Gasteiger partial charge < -0.3 is 4.42 Å². The second kappa shape index (κ2) is 4.28. The number of hydrogen-bond acceptors (Lipinski definition) is 3. The molecule has 0 aliphatic rings. The largest absolute Gasteiger partial charge is 0.453 e. The van der Waals surface area contributed by atoms with Crippen molar-refractivity contribution in [2.75, 3.05) is 0 Å². The Morgan fingerprint density at radius 1 is 1.40 bits per heavy atom. The van der Waals surface area contributed by atoms with Gasteiger partial charge in [0.2, 0.25) is 0 Å². The van der Waals surface area contributed by atoms with Crippen LogP contribution in [-0.4, -0.2) is 11.3 Å². The Bertz CT molecular complexity index is 479. The predicted molar refractivity (Wildman–Crippen MR) is 56.9 cm³/mol. The van der Waals surface area contributed by atoms with E-state index in [0.29, 0.717) is 23.7 Å². The first-order valence-corrected chi connectivity index (χ1v) is 4.92. The molecule has 0 fully saturated rings. The van der Waals surface area contributed by atoms with Crippen molar-refractivity contribution < 1.29 is 9.21 Å². The lowest BCUT2D eigenvalue weighted by Crippen LogP contribution is -1.83. The Kier molecular flexibility index (Phi) is 2.83. The van der Waals surface area contributed by atoms with Gasteiger partial charge in [0, 0.05) is 23.8 Å². The van der Waals surface area contributed by atoms with Crippen LogP contribution < -0.4 is 0 Å². The van der Waals surface area contributed by atoms with Crippen LogP contribution in [0.25, 0.3) is 11.3 Å². The first kappa shape index (κ1) is 9.93. The normalized spacial score (nSPS) is 10.2. The zero-order valence-electron chi connectivity index (χ0n) is 7.81. The summed E-state index contributed by atoms with van der Waals surface area (Å²) >= 11 is 5.69. The molecule has 0 N–H and O–H groups in total. The number of aromatic nitrogens is 1. The molecule has 0 radical (unpaired) electrons. The van der Waals surface area contributed by atoms with Crippen LogP contribution in [0, 0.1) is 0 Å². The van der Waals surface area contributed by atoms with Crippen molar-refractivity contribution >= 4 is 17.9 Å². The van der Waals surface area contributed by atoms with Gasteiger partial charge in [0.05, 0.1) is 0 Å². The van der Waals surface area contributed by atoms with Crippen molar-refractivity contribution in [2.24, 2.45) is 0 Å². The van der Waals surface area contributed by atoms with Gasteiger partial charge in [0.1, 0.15) is 5.76 Å².